The van der Waals surface area contributed by atoms with Gasteiger partial charge in [0.25, 0.3) is 0 Å². The van der Waals surface area contributed by atoms with Crippen molar-refractivity contribution in [2.24, 2.45) is 0 Å². The van der Waals surface area contributed by atoms with E-state index in [2.05, 4.69) is 48.5 Å². The maximum atomic E-state index is 2.40. The lowest BCUT2D eigenvalue weighted by atomic mass is 9.93. The molecule has 4 rings (SSSR count). The Bertz CT molecular complexity index is 752. The molecule has 0 bridgehead atoms. The van der Waals surface area contributed by atoms with Crippen LogP contribution in [0, 0.1) is 0 Å². The summed E-state index contributed by atoms with van der Waals surface area (Å²) < 4.78 is 0. The highest BCUT2D eigenvalue weighted by atomic mass is 14.2. The lowest BCUT2D eigenvalue weighted by molar-refractivity contribution is 0.712. The van der Waals surface area contributed by atoms with E-state index in [1.165, 1.54) is 53.6 Å². The van der Waals surface area contributed by atoms with Gasteiger partial charge < -0.3 is 0 Å². The third kappa shape index (κ3) is 1.83. The van der Waals surface area contributed by atoms with Gasteiger partial charge in [0.1, 0.15) is 0 Å². The van der Waals surface area contributed by atoms with Gasteiger partial charge in [-0.2, -0.15) is 0 Å². The van der Waals surface area contributed by atoms with Crippen molar-refractivity contribution >= 4 is 21.5 Å². The predicted octanol–water partition coefficient (Wildman–Crippen LogP) is 5.26. The van der Waals surface area contributed by atoms with Crippen molar-refractivity contribution in [1.29, 1.82) is 0 Å². The first-order valence-electron chi connectivity index (χ1n) is 7.35. The Labute approximate surface area is 114 Å². The third-order valence-electron chi connectivity index (χ3n) is 4.47. The average molecular weight is 246 g/mol. The molecule has 0 saturated heterocycles. The zero-order valence-corrected chi connectivity index (χ0v) is 11.2. The highest BCUT2D eigenvalue weighted by molar-refractivity contribution is 6.00. The number of benzene rings is 3. The number of fused-ring (bicyclic) bond motifs is 4. The van der Waals surface area contributed by atoms with Gasteiger partial charge in [-0.1, -0.05) is 42.8 Å². The SMILES string of the molecule is c1ccc2cc3c4c(ccc3cc2c1)CCCCC4. The van der Waals surface area contributed by atoms with Gasteiger partial charge in [-0.25, -0.2) is 0 Å². The highest BCUT2D eigenvalue weighted by Gasteiger charge is 2.11. The van der Waals surface area contributed by atoms with E-state index in [1.807, 2.05) is 0 Å². The van der Waals surface area contributed by atoms with E-state index < -0.39 is 0 Å². The molecule has 94 valence electrons. The second-order valence-electron chi connectivity index (χ2n) is 5.68. The summed E-state index contributed by atoms with van der Waals surface area (Å²) in [5, 5.41) is 5.61. The molecule has 0 fully saturated rings. The summed E-state index contributed by atoms with van der Waals surface area (Å²) in [5.41, 5.74) is 3.20. The van der Waals surface area contributed by atoms with Gasteiger partial charge in [0, 0.05) is 0 Å². The van der Waals surface area contributed by atoms with Crippen molar-refractivity contribution in [1.82, 2.24) is 0 Å². The summed E-state index contributed by atoms with van der Waals surface area (Å²) in [6, 6.07) is 18.1. The Kier molecular flexibility index (Phi) is 2.55. The van der Waals surface area contributed by atoms with Crippen LogP contribution >= 0.6 is 0 Å². The molecule has 0 aromatic heterocycles. The van der Waals surface area contributed by atoms with Crippen molar-refractivity contribution in [3.63, 3.8) is 0 Å². The summed E-state index contributed by atoms with van der Waals surface area (Å²) in [6.45, 7) is 0. The van der Waals surface area contributed by atoms with Crippen molar-refractivity contribution in [2.45, 2.75) is 32.1 Å². The van der Waals surface area contributed by atoms with E-state index in [1.54, 1.807) is 11.1 Å². The molecule has 0 aliphatic heterocycles. The van der Waals surface area contributed by atoms with Crippen molar-refractivity contribution in [3.05, 3.63) is 59.7 Å². The lowest BCUT2D eigenvalue weighted by Crippen LogP contribution is -1.92. The Morgan fingerprint density at radius 2 is 1.42 bits per heavy atom. The highest BCUT2D eigenvalue weighted by Crippen LogP contribution is 2.31. The van der Waals surface area contributed by atoms with Crippen LogP contribution in [0.15, 0.2) is 48.5 Å². The van der Waals surface area contributed by atoms with Crippen LogP contribution in [0.1, 0.15) is 30.4 Å². The van der Waals surface area contributed by atoms with Crippen molar-refractivity contribution in [3.8, 4) is 0 Å². The van der Waals surface area contributed by atoms with Gasteiger partial charge in [-0.15, -0.1) is 0 Å². The summed E-state index contributed by atoms with van der Waals surface area (Å²) >= 11 is 0. The van der Waals surface area contributed by atoms with Crippen LogP contribution in [-0.2, 0) is 12.8 Å². The van der Waals surface area contributed by atoms with Crippen molar-refractivity contribution < 1.29 is 0 Å². The molecule has 0 nitrogen and oxygen atoms in total. The minimum Gasteiger partial charge on any atom is -0.0616 e. The van der Waals surface area contributed by atoms with E-state index in [9.17, 15) is 0 Å². The number of rotatable bonds is 0. The maximum Gasteiger partial charge on any atom is -0.0143 e. The molecule has 0 heteroatoms. The quantitative estimate of drug-likeness (QED) is 0.375. The number of hydrogen-bond donors (Lipinski definition) is 0. The molecular weight excluding hydrogens is 228 g/mol. The molecule has 1 aliphatic carbocycles. The summed E-state index contributed by atoms with van der Waals surface area (Å²) in [4.78, 5) is 0. The van der Waals surface area contributed by atoms with Crippen LogP contribution in [0.5, 0.6) is 0 Å². The fourth-order valence-corrected chi connectivity index (χ4v) is 3.44. The monoisotopic (exact) mass is 246 g/mol. The van der Waals surface area contributed by atoms with Gasteiger partial charge >= 0.3 is 0 Å². The zero-order valence-electron chi connectivity index (χ0n) is 11.2. The van der Waals surface area contributed by atoms with Crippen LogP contribution in [-0.4, -0.2) is 0 Å². The van der Waals surface area contributed by atoms with Crippen LogP contribution < -0.4 is 0 Å². The Morgan fingerprint density at radius 3 is 2.32 bits per heavy atom. The molecule has 0 amide bonds. The number of hydrogen-bond acceptors (Lipinski definition) is 0. The second kappa shape index (κ2) is 4.38. The maximum absolute atomic E-state index is 2.40. The van der Waals surface area contributed by atoms with Gasteiger partial charge in [-0.05, 0) is 70.5 Å². The summed E-state index contributed by atoms with van der Waals surface area (Å²) in [6.07, 6.45) is 6.60. The molecule has 0 radical (unpaired) electrons. The largest absolute Gasteiger partial charge is 0.0616 e. The molecule has 19 heavy (non-hydrogen) atoms. The Hall–Kier alpha value is -1.82. The molecule has 0 N–H and O–H groups in total. The van der Waals surface area contributed by atoms with E-state index in [4.69, 9.17) is 0 Å². The molecule has 0 atom stereocenters. The molecule has 0 unspecified atom stereocenters. The van der Waals surface area contributed by atoms with Gasteiger partial charge in [-0.3, -0.25) is 0 Å². The first kappa shape index (κ1) is 11.0. The smallest absolute Gasteiger partial charge is 0.0143 e. The van der Waals surface area contributed by atoms with Crippen LogP contribution in [0.2, 0.25) is 0 Å². The molecule has 0 saturated carbocycles. The minimum atomic E-state index is 1.25. The summed E-state index contributed by atoms with van der Waals surface area (Å²) in [7, 11) is 0. The summed E-state index contributed by atoms with van der Waals surface area (Å²) in [5.74, 6) is 0. The van der Waals surface area contributed by atoms with Gasteiger partial charge in [0.2, 0.25) is 0 Å². The minimum absolute atomic E-state index is 1.25. The van der Waals surface area contributed by atoms with Gasteiger partial charge in [0.05, 0.1) is 0 Å². The third-order valence-corrected chi connectivity index (χ3v) is 4.47. The first-order chi connectivity index (χ1) is 9.42. The van der Waals surface area contributed by atoms with Crippen LogP contribution in [0.4, 0.5) is 0 Å². The topological polar surface area (TPSA) is 0 Å². The average Bonchev–Trinajstić information content (AvgIpc) is 2.70. The molecule has 0 spiro atoms. The van der Waals surface area contributed by atoms with E-state index in [0.717, 1.165) is 0 Å². The number of aryl methyl sites for hydroxylation is 2. The molecule has 0 heterocycles. The molecule has 3 aromatic rings. The van der Waals surface area contributed by atoms with Crippen molar-refractivity contribution in [2.75, 3.05) is 0 Å². The van der Waals surface area contributed by atoms with E-state index >= 15 is 0 Å². The normalized spacial score (nSPS) is 15.4. The predicted molar refractivity (Wildman–Crippen MR) is 82.7 cm³/mol. The Morgan fingerprint density at radius 1 is 0.632 bits per heavy atom. The van der Waals surface area contributed by atoms with E-state index in [-0.39, 0.29) is 0 Å². The fraction of sp³-hybridized carbons (Fsp3) is 0.263. The van der Waals surface area contributed by atoms with Gasteiger partial charge in [0.15, 0.2) is 0 Å². The molecule has 3 aromatic carbocycles. The molecule has 1 aliphatic rings. The zero-order chi connectivity index (χ0) is 12.7. The standard InChI is InChI=1S/C19H18/c1-2-6-14-10-11-17-12-15-7-4-5-8-16(15)13-19(17)18(14)9-3-1/h4-5,7-8,10-13H,1-3,6,9H2. The Balaban J connectivity index is 2.06. The fourth-order valence-electron chi connectivity index (χ4n) is 3.44. The van der Waals surface area contributed by atoms with Crippen LogP contribution in [0.3, 0.4) is 0 Å². The molecular formula is C19H18. The second-order valence-corrected chi connectivity index (χ2v) is 5.68. The first-order valence-corrected chi connectivity index (χ1v) is 7.35. The van der Waals surface area contributed by atoms with E-state index in [0.29, 0.717) is 0 Å². The lowest BCUT2D eigenvalue weighted by Gasteiger charge is -2.11. The van der Waals surface area contributed by atoms with Crippen LogP contribution in [0.25, 0.3) is 21.5 Å².